The summed E-state index contributed by atoms with van der Waals surface area (Å²) in [6.45, 7) is 4.52. The van der Waals surface area contributed by atoms with E-state index >= 15 is 0 Å². The molecule has 0 aliphatic carbocycles. The Morgan fingerprint density at radius 3 is 2.67 bits per heavy atom. The van der Waals surface area contributed by atoms with Crippen LogP contribution in [0.4, 0.5) is 0 Å². The second-order valence-corrected chi connectivity index (χ2v) is 6.11. The summed E-state index contributed by atoms with van der Waals surface area (Å²) >= 11 is 0. The normalized spacial score (nSPS) is 18.4. The zero-order valence-electron chi connectivity index (χ0n) is 10.8. The third-order valence-electron chi connectivity index (χ3n) is 2.86. The van der Waals surface area contributed by atoms with E-state index in [1.807, 2.05) is 0 Å². The Bertz CT molecular complexity index is 317. The van der Waals surface area contributed by atoms with Crippen LogP contribution in [-0.2, 0) is 14.9 Å². The fourth-order valence-corrected chi connectivity index (χ4v) is 2.62. The quantitative estimate of drug-likeness (QED) is 0.564. The van der Waals surface area contributed by atoms with Gasteiger partial charge in [0.2, 0.25) is 0 Å². The first kappa shape index (κ1) is 15.8. The van der Waals surface area contributed by atoms with Gasteiger partial charge < -0.3 is 9.84 Å². The van der Waals surface area contributed by atoms with E-state index in [1.165, 1.54) is 11.4 Å². The van der Waals surface area contributed by atoms with Crippen LogP contribution in [0.15, 0.2) is 0 Å². The minimum absolute atomic E-state index is 0.00631. The van der Waals surface area contributed by atoms with Crippen molar-refractivity contribution in [3.63, 3.8) is 0 Å². The van der Waals surface area contributed by atoms with Crippen molar-refractivity contribution in [1.29, 1.82) is 0 Å². The summed E-state index contributed by atoms with van der Waals surface area (Å²) in [6, 6.07) is 0. The summed E-state index contributed by atoms with van der Waals surface area (Å²) in [5.74, 6) is 0. The lowest BCUT2D eigenvalue weighted by Gasteiger charge is -2.27. The highest BCUT2D eigenvalue weighted by molar-refractivity contribution is 7.87. The molecular weight excluding hydrogens is 258 g/mol. The van der Waals surface area contributed by atoms with Crippen molar-refractivity contribution < 1.29 is 18.3 Å². The van der Waals surface area contributed by atoms with Crippen LogP contribution in [0.2, 0.25) is 0 Å². The van der Waals surface area contributed by atoms with Gasteiger partial charge in [0.05, 0.1) is 13.2 Å². The third kappa shape index (κ3) is 5.59. The van der Waals surface area contributed by atoms with Gasteiger partial charge in [-0.3, -0.25) is 4.90 Å². The molecule has 0 bridgehead atoms. The van der Waals surface area contributed by atoms with Gasteiger partial charge in [-0.2, -0.15) is 12.7 Å². The number of hydrogen-bond donors (Lipinski definition) is 2. The van der Waals surface area contributed by atoms with Crippen molar-refractivity contribution in [3.05, 3.63) is 0 Å². The van der Waals surface area contributed by atoms with Gasteiger partial charge in [0.25, 0.3) is 10.2 Å². The number of ether oxygens (including phenoxy) is 1. The number of nitrogens with zero attached hydrogens (tertiary/aromatic N) is 2. The Labute approximate surface area is 109 Å². The smallest absolute Gasteiger partial charge is 0.279 e. The van der Waals surface area contributed by atoms with Crippen molar-refractivity contribution in [2.45, 2.75) is 6.42 Å². The van der Waals surface area contributed by atoms with Crippen molar-refractivity contribution in [2.24, 2.45) is 0 Å². The van der Waals surface area contributed by atoms with Crippen LogP contribution < -0.4 is 4.72 Å². The Kier molecular flexibility index (Phi) is 7.05. The summed E-state index contributed by atoms with van der Waals surface area (Å²) < 4.78 is 32.5. The van der Waals surface area contributed by atoms with Gasteiger partial charge in [-0.25, -0.2) is 4.72 Å². The van der Waals surface area contributed by atoms with E-state index in [1.54, 1.807) is 0 Å². The maximum Gasteiger partial charge on any atom is 0.279 e. The molecule has 0 aromatic rings. The third-order valence-corrected chi connectivity index (χ3v) is 4.43. The number of morpholine rings is 1. The Hall–Kier alpha value is -0.250. The van der Waals surface area contributed by atoms with E-state index < -0.39 is 10.2 Å². The SMILES string of the molecule is CN(CCCO)S(=O)(=O)NCCN1CCOCC1. The molecule has 0 atom stereocenters. The average molecular weight is 281 g/mol. The van der Waals surface area contributed by atoms with E-state index in [9.17, 15) is 8.42 Å². The molecule has 0 aromatic carbocycles. The second-order valence-electron chi connectivity index (χ2n) is 4.25. The van der Waals surface area contributed by atoms with Crippen molar-refractivity contribution >= 4 is 10.2 Å². The van der Waals surface area contributed by atoms with Gasteiger partial charge in [0, 0.05) is 46.4 Å². The van der Waals surface area contributed by atoms with Crippen LogP contribution in [0.3, 0.4) is 0 Å². The maximum absolute atomic E-state index is 11.8. The molecule has 1 heterocycles. The topological polar surface area (TPSA) is 82.1 Å². The van der Waals surface area contributed by atoms with E-state index in [0.29, 0.717) is 39.3 Å². The molecule has 0 aromatic heterocycles. The first-order chi connectivity index (χ1) is 8.56. The van der Waals surface area contributed by atoms with Crippen LogP contribution in [0.5, 0.6) is 0 Å². The molecule has 1 rings (SSSR count). The fraction of sp³-hybridized carbons (Fsp3) is 1.00. The van der Waals surface area contributed by atoms with Crippen LogP contribution in [0.1, 0.15) is 6.42 Å². The standard InChI is InChI=1S/C10H23N3O4S/c1-12(4-2-8-14)18(15,16)11-3-5-13-6-9-17-10-7-13/h11,14H,2-10H2,1H3. The van der Waals surface area contributed by atoms with E-state index in [2.05, 4.69) is 9.62 Å². The molecule has 7 nitrogen and oxygen atoms in total. The highest BCUT2D eigenvalue weighted by Crippen LogP contribution is 1.97. The molecule has 0 spiro atoms. The Morgan fingerprint density at radius 2 is 2.06 bits per heavy atom. The first-order valence-electron chi connectivity index (χ1n) is 6.18. The predicted molar refractivity (Wildman–Crippen MR) is 68.5 cm³/mol. The van der Waals surface area contributed by atoms with Crippen molar-refractivity contribution in [2.75, 3.05) is 59.6 Å². The highest BCUT2D eigenvalue weighted by atomic mass is 32.2. The van der Waals surface area contributed by atoms with E-state index in [4.69, 9.17) is 9.84 Å². The van der Waals surface area contributed by atoms with Gasteiger partial charge in [-0.05, 0) is 6.42 Å². The van der Waals surface area contributed by atoms with E-state index in [0.717, 1.165) is 13.1 Å². The number of aliphatic hydroxyl groups is 1. The monoisotopic (exact) mass is 281 g/mol. The first-order valence-corrected chi connectivity index (χ1v) is 7.62. The fourth-order valence-electron chi connectivity index (χ4n) is 1.68. The predicted octanol–water partition coefficient (Wildman–Crippen LogP) is -1.53. The van der Waals surface area contributed by atoms with Crippen LogP contribution in [0, 0.1) is 0 Å². The van der Waals surface area contributed by atoms with Gasteiger partial charge in [-0.15, -0.1) is 0 Å². The Morgan fingerprint density at radius 1 is 1.39 bits per heavy atom. The largest absolute Gasteiger partial charge is 0.396 e. The van der Waals surface area contributed by atoms with Crippen molar-refractivity contribution in [1.82, 2.24) is 13.9 Å². The maximum atomic E-state index is 11.8. The molecule has 18 heavy (non-hydrogen) atoms. The summed E-state index contributed by atoms with van der Waals surface area (Å²) in [5, 5.41) is 8.67. The summed E-state index contributed by atoms with van der Waals surface area (Å²) in [6.07, 6.45) is 0.445. The minimum atomic E-state index is -3.42. The lowest BCUT2D eigenvalue weighted by atomic mass is 10.4. The lowest BCUT2D eigenvalue weighted by Crippen LogP contribution is -2.44. The molecule has 8 heteroatoms. The molecule has 0 amide bonds. The number of nitrogens with one attached hydrogen (secondary N) is 1. The van der Waals surface area contributed by atoms with Crippen LogP contribution in [-0.4, -0.2) is 82.3 Å². The summed E-state index contributed by atoms with van der Waals surface area (Å²) in [7, 11) is -1.91. The van der Waals surface area contributed by atoms with Crippen LogP contribution >= 0.6 is 0 Å². The zero-order chi connectivity index (χ0) is 13.4. The number of rotatable bonds is 8. The molecular formula is C10H23N3O4S. The molecule has 0 radical (unpaired) electrons. The minimum Gasteiger partial charge on any atom is -0.396 e. The molecule has 108 valence electrons. The van der Waals surface area contributed by atoms with Gasteiger partial charge in [-0.1, -0.05) is 0 Å². The second kappa shape index (κ2) is 8.03. The summed E-state index contributed by atoms with van der Waals surface area (Å²) in [4.78, 5) is 2.17. The number of hydrogen-bond acceptors (Lipinski definition) is 5. The molecule has 0 unspecified atom stereocenters. The number of aliphatic hydroxyl groups excluding tert-OH is 1. The van der Waals surface area contributed by atoms with Gasteiger partial charge >= 0.3 is 0 Å². The average Bonchev–Trinajstić information content (AvgIpc) is 2.37. The Balaban J connectivity index is 2.23. The molecule has 0 saturated carbocycles. The van der Waals surface area contributed by atoms with Gasteiger partial charge in [0.15, 0.2) is 0 Å². The van der Waals surface area contributed by atoms with Gasteiger partial charge in [0.1, 0.15) is 0 Å². The molecule has 1 fully saturated rings. The van der Waals surface area contributed by atoms with Crippen molar-refractivity contribution in [3.8, 4) is 0 Å². The lowest BCUT2D eigenvalue weighted by molar-refractivity contribution is 0.0390. The highest BCUT2D eigenvalue weighted by Gasteiger charge is 2.17. The molecule has 1 aliphatic heterocycles. The zero-order valence-corrected chi connectivity index (χ0v) is 11.7. The molecule has 1 saturated heterocycles. The van der Waals surface area contributed by atoms with Crippen LogP contribution in [0.25, 0.3) is 0 Å². The molecule has 2 N–H and O–H groups in total. The summed E-state index contributed by atoms with van der Waals surface area (Å²) in [5.41, 5.74) is 0. The molecule has 1 aliphatic rings. The van der Waals surface area contributed by atoms with E-state index in [-0.39, 0.29) is 6.61 Å².